The van der Waals surface area contributed by atoms with Gasteiger partial charge >= 0.3 is 5.69 Å². The standard InChI is InChI=1S/C11H8FN5O/c12-7-1-3-8(4-2-7)14-10-13-6-5-9-15-16-11(18)17(9)10/h1-6H,(H,13,14)(H,16,18). The highest BCUT2D eigenvalue weighted by Gasteiger charge is 2.06. The minimum atomic E-state index is -0.386. The highest BCUT2D eigenvalue weighted by Crippen LogP contribution is 2.14. The number of H-pyrrole nitrogens is 1. The number of anilines is 2. The Bertz CT molecular complexity index is 746. The minimum Gasteiger partial charge on any atom is -0.325 e. The topological polar surface area (TPSA) is 75.1 Å². The molecule has 3 rings (SSSR count). The van der Waals surface area contributed by atoms with E-state index in [-0.39, 0.29) is 11.5 Å². The van der Waals surface area contributed by atoms with Gasteiger partial charge in [-0.15, -0.1) is 0 Å². The number of fused-ring (bicyclic) bond motifs is 1. The molecular formula is C11H8FN5O. The summed E-state index contributed by atoms with van der Waals surface area (Å²) in [5.74, 6) is -0.00921. The van der Waals surface area contributed by atoms with Gasteiger partial charge in [0, 0.05) is 18.0 Å². The van der Waals surface area contributed by atoms with Gasteiger partial charge in [-0.2, -0.15) is 5.10 Å². The van der Waals surface area contributed by atoms with Crippen LogP contribution in [-0.4, -0.2) is 19.6 Å². The monoisotopic (exact) mass is 245 g/mol. The van der Waals surface area contributed by atoms with E-state index in [0.717, 1.165) is 0 Å². The first kappa shape index (κ1) is 10.5. The van der Waals surface area contributed by atoms with Crippen molar-refractivity contribution < 1.29 is 4.39 Å². The summed E-state index contributed by atoms with van der Waals surface area (Å²) < 4.78 is 14.1. The maximum atomic E-state index is 12.8. The zero-order valence-corrected chi connectivity index (χ0v) is 9.09. The van der Waals surface area contributed by atoms with Crippen LogP contribution in [0.3, 0.4) is 0 Å². The zero-order chi connectivity index (χ0) is 12.5. The molecule has 2 N–H and O–H groups in total. The number of halogens is 1. The molecule has 0 aliphatic rings. The Morgan fingerprint density at radius 1 is 1.22 bits per heavy atom. The van der Waals surface area contributed by atoms with Crippen molar-refractivity contribution >= 4 is 17.3 Å². The number of hydrogen-bond acceptors (Lipinski definition) is 4. The number of benzene rings is 1. The molecule has 0 saturated carbocycles. The zero-order valence-electron chi connectivity index (χ0n) is 9.09. The van der Waals surface area contributed by atoms with Crippen molar-refractivity contribution in [2.24, 2.45) is 0 Å². The van der Waals surface area contributed by atoms with Gasteiger partial charge in [-0.3, -0.25) is 0 Å². The van der Waals surface area contributed by atoms with E-state index in [1.165, 1.54) is 22.7 Å². The number of nitrogens with one attached hydrogen (secondary N) is 2. The van der Waals surface area contributed by atoms with Crippen molar-refractivity contribution in [3.05, 3.63) is 52.8 Å². The van der Waals surface area contributed by atoms with E-state index in [9.17, 15) is 9.18 Å². The van der Waals surface area contributed by atoms with Crippen LogP contribution in [0.2, 0.25) is 0 Å². The Morgan fingerprint density at radius 3 is 2.78 bits per heavy atom. The van der Waals surface area contributed by atoms with Crippen LogP contribution in [0.15, 0.2) is 41.3 Å². The van der Waals surface area contributed by atoms with Gasteiger partial charge in [-0.05, 0) is 24.3 Å². The molecule has 0 amide bonds. The van der Waals surface area contributed by atoms with Gasteiger partial charge in [0.25, 0.3) is 0 Å². The first-order chi connectivity index (χ1) is 8.74. The van der Waals surface area contributed by atoms with Crippen LogP contribution in [0, 0.1) is 5.82 Å². The molecule has 0 fully saturated rings. The summed E-state index contributed by atoms with van der Waals surface area (Å²) in [5, 5.41) is 9.08. The molecule has 2 aromatic heterocycles. The molecule has 1 aromatic carbocycles. The molecule has 18 heavy (non-hydrogen) atoms. The molecular weight excluding hydrogens is 237 g/mol. The number of hydrogen-bond donors (Lipinski definition) is 2. The third-order valence-corrected chi connectivity index (χ3v) is 2.43. The second-order valence-electron chi connectivity index (χ2n) is 3.62. The Hall–Kier alpha value is -2.70. The minimum absolute atomic E-state index is 0.317. The Labute approximate surface area is 100 Å². The number of nitrogens with zero attached hydrogens (tertiary/aromatic N) is 3. The van der Waals surface area contributed by atoms with Crippen molar-refractivity contribution in [1.82, 2.24) is 19.6 Å². The first-order valence-corrected chi connectivity index (χ1v) is 5.19. The molecule has 6 nitrogen and oxygen atoms in total. The lowest BCUT2D eigenvalue weighted by Crippen LogP contribution is -2.13. The molecule has 0 aliphatic carbocycles. The van der Waals surface area contributed by atoms with Gasteiger partial charge in [-0.25, -0.2) is 23.7 Å². The van der Waals surface area contributed by atoms with Crippen molar-refractivity contribution in [2.75, 3.05) is 5.32 Å². The van der Waals surface area contributed by atoms with Gasteiger partial charge in [0.2, 0.25) is 5.95 Å². The van der Waals surface area contributed by atoms with Crippen LogP contribution in [0.25, 0.3) is 5.65 Å². The van der Waals surface area contributed by atoms with Crippen molar-refractivity contribution in [3.8, 4) is 0 Å². The number of aromatic amines is 1. The van der Waals surface area contributed by atoms with Crippen molar-refractivity contribution in [1.29, 1.82) is 0 Å². The first-order valence-electron chi connectivity index (χ1n) is 5.19. The fourth-order valence-corrected chi connectivity index (χ4v) is 1.61. The summed E-state index contributed by atoms with van der Waals surface area (Å²) in [6, 6.07) is 7.36. The number of rotatable bonds is 2. The van der Waals surface area contributed by atoms with Crippen LogP contribution >= 0.6 is 0 Å². The Balaban J connectivity index is 2.07. The summed E-state index contributed by atoms with van der Waals surface area (Å²) in [5.41, 5.74) is 0.701. The van der Waals surface area contributed by atoms with Gasteiger partial charge in [-0.1, -0.05) is 0 Å². The molecule has 7 heteroatoms. The lowest BCUT2D eigenvalue weighted by molar-refractivity contribution is 0.628. The Morgan fingerprint density at radius 2 is 2.00 bits per heavy atom. The SMILES string of the molecule is O=c1[nH]nc2ccnc(Nc3ccc(F)cc3)n12. The van der Waals surface area contributed by atoms with Crippen LogP contribution in [-0.2, 0) is 0 Å². The highest BCUT2D eigenvalue weighted by molar-refractivity contribution is 5.55. The van der Waals surface area contributed by atoms with Gasteiger partial charge in [0.1, 0.15) is 5.82 Å². The third kappa shape index (κ3) is 1.71. The predicted octanol–water partition coefficient (Wildman–Crippen LogP) is 1.30. The van der Waals surface area contributed by atoms with Crippen LogP contribution in [0.4, 0.5) is 16.0 Å². The largest absolute Gasteiger partial charge is 0.350 e. The molecule has 0 bridgehead atoms. The van der Waals surface area contributed by atoms with E-state index in [1.54, 1.807) is 18.2 Å². The maximum absolute atomic E-state index is 12.8. The van der Waals surface area contributed by atoms with Crippen LogP contribution < -0.4 is 11.0 Å². The molecule has 0 spiro atoms. The summed E-state index contributed by atoms with van der Waals surface area (Å²) in [6.45, 7) is 0. The van der Waals surface area contributed by atoms with Gasteiger partial charge < -0.3 is 5.32 Å². The molecule has 0 atom stereocenters. The second kappa shape index (κ2) is 3.95. The molecule has 0 aliphatic heterocycles. The predicted molar refractivity (Wildman–Crippen MR) is 63.3 cm³/mol. The van der Waals surface area contributed by atoms with E-state index in [4.69, 9.17) is 0 Å². The van der Waals surface area contributed by atoms with E-state index in [0.29, 0.717) is 17.3 Å². The number of aromatic nitrogens is 4. The molecule has 0 unspecified atom stereocenters. The summed E-state index contributed by atoms with van der Waals surface area (Å²) in [7, 11) is 0. The van der Waals surface area contributed by atoms with Crippen LogP contribution in [0.5, 0.6) is 0 Å². The lowest BCUT2D eigenvalue weighted by Gasteiger charge is -2.06. The van der Waals surface area contributed by atoms with E-state index in [2.05, 4.69) is 20.5 Å². The highest BCUT2D eigenvalue weighted by atomic mass is 19.1. The second-order valence-corrected chi connectivity index (χ2v) is 3.62. The lowest BCUT2D eigenvalue weighted by atomic mass is 10.3. The maximum Gasteiger partial charge on any atom is 0.350 e. The van der Waals surface area contributed by atoms with Crippen molar-refractivity contribution in [2.45, 2.75) is 0 Å². The van der Waals surface area contributed by atoms with Gasteiger partial charge in [0.05, 0.1) is 0 Å². The summed E-state index contributed by atoms with van der Waals surface area (Å²) in [4.78, 5) is 15.6. The van der Waals surface area contributed by atoms with E-state index < -0.39 is 0 Å². The van der Waals surface area contributed by atoms with Gasteiger partial charge in [0.15, 0.2) is 5.65 Å². The van der Waals surface area contributed by atoms with Crippen molar-refractivity contribution in [3.63, 3.8) is 0 Å². The van der Waals surface area contributed by atoms with Crippen LogP contribution in [0.1, 0.15) is 0 Å². The quantitative estimate of drug-likeness (QED) is 0.713. The third-order valence-electron chi connectivity index (χ3n) is 2.43. The molecule has 0 saturated heterocycles. The summed E-state index contributed by atoms with van der Waals surface area (Å²) >= 11 is 0. The Kier molecular flexibility index (Phi) is 2.30. The molecule has 0 radical (unpaired) electrons. The van der Waals surface area contributed by atoms with E-state index in [1.807, 2.05) is 0 Å². The average Bonchev–Trinajstić information content (AvgIpc) is 2.75. The average molecular weight is 245 g/mol. The van der Waals surface area contributed by atoms with E-state index >= 15 is 0 Å². The fourth-order valence-electron chi connectivity index (χ4n) is 1.61. The normalized spacial score (nSPS) is 10.7. The smallest absolute Gasteiger partial charge is 0.325 e. The molecule has 90 valence electrons. The molecule has 2 heterocycles. The fraction of sp³-hybridized carbons (Fsp3) is 0. The molecule has 3 aromatic rings. The summed E-state index contributed by atoms with van der Waals surface area (Å²) in [6.07, 6.45) is 1.53.